The molecule has 0 radical (unpaired) electrons. The normalized spacial score (nSPS) is 10.5. The Bertz CT molecular complexity index is 374. The van der Waals surface area contributed by atoms with Crippen LogP contribution in [0.2, 0.25) is 0 Å². The Balaban J connectivity index is 2.78. The standard InChI is InChI=1S/C14H18O2/c1-4-13(15)14(16)12-7-5-11(6-8-12)9-10(2)3/h5-8,10H,4,9H2,1-3H3. The highest BCUT2D eigenvalue weighted by Crippen LogP contribution is 2.10. The minimum Gasteiger partial charge on any atom is -0.290 e. The van der Waals surface area contributed by atoms with Crippen molar-refractivity contribution >= 4 is 11.6 Å². The van der Waals surface area contributed by atoms with Crippen molar-refractivity contribution in [3.8, 4) is 0 Å². The van der Waals surface area contributed by atoms with Crippen molar-refractivity contribution in [3.63, 3.8) is 0 Å². The summed E-state index contributed by atoms with van der Waals surface area (Å²) < 4.78 is 0. The lowest BCUT2D eigenvalue weighted by molar-refractivity contribution is -0.114. The highest BCUT2D eigenvalue weighted by atomic mass is 16.2. The van der Waals surface area contributed by atoms with Gasteiger partial charge in [0.1, 0.15) is 0 Å². The summed E-state index contributed by atoms with van der Waals surface area (Å²) in [5.41, 5.74) is 1.70. The molecule has 1 rings (SSSR count). The highest BCUT2D eigenvalue weighted by Gasteiger charge is 2.13. The predicted octanol–water partition coefficient (Wildman–Crippen LogP) is 3.05. The molecular weight excluding hydrogens is 200 g/mol. The number of Topliss-reactive ketones (excluding diaryl/α,β-unsaturated/α-hetero) is 2. The summed E-state index contributed by atoms with van der Waals surface area (Å²) >= 11 is 0. The van der Waals surface area contributed by atoms with Crippen molar-refractivity contribution in [2.45, 2.75) is 33.6 Å². The van der Waals surface area contributed by atoms with Gasteiger partial charge < -0.3 is 0 Å². The van der Waals surface area contributed by atoms with E-state index in [4.69, 9.17) is 0 Å². The number of carbonyl (C=O) groups excluding carboxylic acids is 2. The topological polar surface area (TPSA) is 34.1 Å². The fourth-order valence-electron chi connectivity index (χ4n) is 1.59. The van der Waals surface area contributed by atoms with Crippen LogP contribution >= 0.6 is 0 Å². The second-order valence-electron chi connectivity index (χ2n) is 4.40. The molecule has 0 fully saturated rings. The lowest BCUT2D eigenvalue weighted by Crippen LogP contribution is -2.12. The van der Waals surface area contributed by atoms with Crippen molar-refractivity contribution < 1.29 is 9.59 Å². The van der Waals surface area contributed by atoms with Crippen LogP contribution in [0.3, 0.4) is 0 Å². The van der Waals surface area contributed by atoms with Crippen LogP contribution in [0.25, 0.3) is 0 Å². The van der Waals surface area contributed by atoms with Crippen LogP contribution in [0.5, 0.6) is 0 Å². The van der Waals surface area contributed by atoms with Crippen LogP contribution in [-0.2, 0) is 11.2 Å². The minimum absolute atomic E-state index is 0.270. The van der Waals surface area contributed by atoms with E-state index in [2.05, 4.69) is 13.8 Å². The molecule has 86 valence electrons. The van der Waals surface area contributed by atoms with E-state index < -0.39 is 0 Å². The lowest BCUT2D eigenvalue weighted by atomic mass is 9.99. The molecule has 2 nitrogen and oxygen atoms in total. The number of ketones is 2. The molecular formula is C14H18O2. The molecule has 0 N–H and O–H groups in total. The molecule has 2 heteroatoms. The van der Waals surface area contributed by atoms with Gasteiger partial charge in [-0.05, 0) is 17.9 Å². The van der Waals surface area contributed by atoms with Crippen molar-refractivity contribution in [2.24, 2.45) is 5.92 Å². The SMILES string of the molecule is CCC(=O)C(=O)c1ccc(CC(C)C)cc1. The predicted molar refractivity (Wildman–Crippen MR) is 64.6 cm³/mol. The summed E-state index contributed by atoms with van der Waals surface area (Å²) in [5, 5.41) is 0. The molecule has 0 aromatic heterocycles. The third-order valence-corrected chi connectivity index (χ3v) is 2.43. The van der Waals surface area contributed by atoms with E-state index >= 15 is 0 Å². The Morgan fingerprint density at radius 1 is 1.12 bits per heavy atom. The monoisotopic (exact) mass is 218 g/mol. The molecule has 1 aromatic carbocycles. The zero-order chi connectivity index (χ0) is 12.1. The maximum absolute atomic E-state index is 11.6. The van der Waals surface area contributed by atoms with Crippen LogP contribution in [0.1, 0.15) is 43.1 Å². The number of benzene rings is 1. The Kier molecular flexibility index (Phi) is 4.41. The first-order valence-electron chi connectivity index (χ1n) is 5.71. The quantitative estimate of drug-likeness (QED) is 0.562. The second kappa shape index (κ2) is 5.59. The van der Waals surface area contributed by atoms with Gasteiger partial charge in [0.05, 0.1) is 0 Å². The van der Waals surface area contributed by atoms with Gasteiger partial charge in [-0.15, -0.1) is 0 Å². The first-order chi connectivity index (χ1) is 7.54. The fourth-order valence-corrected chi connectivity index (χ4v) is 1.59. The van der Waals surface area contributed by atoms with Crippen LogP contribution in [-0.4, -0.2) is 11.6 Å². The van der Waals surface area contributed by atoms with Gasteiger partial charge in [-0.2, -0.15) is 0 Å². The van der Waals surface area contributed by atoms with Crippen molar-refractivity contribution in [1.29, 1.82) is 0 Å². The number of hydrogen-bond donors (Lipinski definition) is 0. The van der Waals surface area contributed by atoms with Gasteiger partial charge in [0.2, 0.25) is 11.6 Å². The van der Waals surface area contributed by atoms with Crippen LogP contribution in [0.4, 0.5) is 0 Å². The van der Waals surface area contributed by atoms with E-state index in [0.717, 1.165) is 6.42 Å². The average Bonchev–Trinajstić information content (AvgIpc) is 2.27. The van der Waals surface area contributed by atoms with E-state index in [9.17, 15) is 9.59 Å². The van der Waals surface area contributed by atoms with Crippen LogP contribution < -0.4 is 0 Å². The third kappa shape index (κ3) is 3.30. The summed E-state index contributed by atoms with van der Waals surface area (Å²) in [6.07, 6.45) is 1.27. The Morgan fingerprint density at radius 2 is 1.69 bits per heavy atom. The summed E-state index contributed by atoms with van der Waals surface area (Å²) in [6.45, 7) is 6.01. The Labute approximate surface area is 96.7 Å². The van der Waals surface area contributed by atoms with E-state index in [0.29, 0.717) is 11.5 Å². The summed E-state index contributed by atoms with van der Waals surface area (Å²) in [5.74, 6) is -0.103. The van der Waals surface area contributed by atoms with E-state index in [1.54, 1.807) is 19.1 Å². The molecule has 0 amide bonds. The van der Waals surface area contributed by atoms with E-state index in [-0.39, 0.29) is 18.0 Å². The summed E-state index contributed by atoms with van der Waals surface area (Å²) in [7, 11) is 0. The minimum atomic E-state index is -0.376. The highest BCUT2D eigenvalue weighted by molar-refractivity contribution is 6.43. The van der Waals surface area contributed by atoms with Crippen molar-refractivity contribution in [2.75, 3.05) is 0 Å². The fraction of sp³-hybridized carbons (Fsp3) is 0.429. The summed E-state index contributed by atoms with van der Waals surface area (Å²) in [4.78, 5) is 22.8. The first-order valence-corrected chi connectivity index (χ1v) is 5.71. The maximum Gasteiger partial charge on any atom is 0.228 e. The Morgan fingerprint density at radius 3 is 2.12 bits per heavy atom. The largest absolute Gasteiger partial charge is 0.290 e. The average molecular weight is 218 g/mol. The third-order valence-electron chi connectivity index (χ3n) is 2.43. The molecule has 0 aliphatic rings. The molecule has 0 heterocycles. The number of carbonyl (C=O) groups is 2. The van der Waals surface area contributed by atoms with Gasteiger partial charge >= 0.3 is 0 Å². The molecule has 0 unspecified atom stereocenters. The zero-order valence-corrected chi connectivity index (χ0v) is 10.1. The Hall–Kier alpha value is -1.44. The van der Waals surface area contributed by atoms with Gasteiger partial charge in [0, 0.05) is 12.0 Å². The van der Waals surface area contributed by atoms with Crippen molar-refractivity contribution in [1.82, 2.24) is 0 Å². The number of hydrogen-bond acceptors (Lipinski definition) is 2. The van der Waals surface area contributed by atoms with Gasteiger partial charge in [0.15, 0.2) is 0 Å². The van der Waals surface area contributed by atoms with Gasteiger partial charge in [-0.25, -0.2) is 0 Å². The van der Waals surface area contributed by atoms with Crippen molar-refractivity contribution in [3.05, 3.63) is 35.4 Å². The molecule has 0 aliphatic carbocycles. The maximum atomic E-state index is 11.6. The zero-order valence-electron chi connectivity index (χ0n) is 10.1. The molecule has 16 heavy (non-hydrogen) atoms. The van der Waals surface area contributed by atoms with Crippen LogP contribution in [0.15, 0.2) is 24.3 Å². The molecule has 0 saturated heterocycles. The second-order valence-corrected chi connectivity index (χ2v) is 4.40. The molecule has 0 saturated carbocycles. The lowest BCUT2D eigenvalue weighted by Gasteiger charge is -2.05. The summed E-state index contributed by atoms with van der Waals surface area (Å²) in [6, 6.07) is 7.34. The van der Waals surface area contributed by atoms with E-state index in [1.807, 2.05) is 12.1 Å². The van der Waals surface area contributed by atoms with Crippen LogP contribution in [0, 0.1) is 5.92 Å². The molecule has 0 spiro atoms. The molecule has 0 atom stereocenters. The van der Waals surface area contributed by atoms with Gasteiger partial charge in [0.25, 0.3) is 0 Å². The van der Waals surface area contributed by atoms with Gasteiger partial charge in [-0.1, -0.05) is 45.0 Å². The van der Waals surface area contributed by atoms with E-state index in [1.165, 1.54) is 5.56 Å². The number of rotatable bonds is 5. The first kappa shape index (κ1) is 12.6. The van der Waals surface area contributed by atoms with Gasteiger partial charge in [-0.3, -0.25) is 9.59 Å². The molecule has 1 aromatic rings. The smallest absolute Gasteiger partial charge is 0.228 e. The molecule has 0 aliphatic heterocycles. The molecule has 0 bridgehead atoms.